The largest absolute Gasteiger partial charge is 0.573 e. The van der Waals surface area contributed by atoms with Crippen LogP contribution >= 0.6 is 11.6 Å². The number of fused-ring (bicyclic) bond motifs is 1. The average molecular weight is 608 g/mol. The molecule has 226 valence electrons. The van der Waals surface area contributed by atoms with Crippen molar-refractivity contribution in [3.63, 3.8) is 0 Å². The molecule has 0 saturated carbocycles. The van der Waals surface area contributed by atoms with Gasteiger partial charge in [-0.2, -0.15) is 0 Å². The quantitative estimate of drug-likeness (QED) is 0.0823. The Labute approximate surface area is 246 Å². The maximum absolute atomic E-state index is 12.7. The molecule has 0 aliphatic carbocycles. The van der Waals surface area contributed by atoms with E-state index >= 15 is 0 Å². The van der Waals surface area contributed by atoms with Crippen LogP contribution in [0.5, 0.6) is 5.75 Å². The summed E-state index contributed by atoms with van der Waals surface area (Å²) in [6, 6.07) is 10.1. The number of aromatic nitrogens is 2. The first-order valence-electron chi connectivity index (χ1n) is 12.6. The van der Waals surface area contributed by atoms with Gasteiger partial charge in [-0.1, -0.05) is 43.7 Å². The SMILES string of the molecule is CC.C\C=C/C(=C\C=C\N=c1n(C)c2c(OC)cc(Cl)cc2n1Cc1ccc(C(=O)N/C(N)=N/N)cc1)OC(F)(F)F. The molecule has 14 heteroatoms. The standard InChI is InChI=1S/C26H27ClF3N7O3.C2H6/c1-4-6-19(40-26(28,29)30)7-5-12-33-25-36(2)22-20(13-18(27)14-21(22)39-3)37(25)15-16-8-10-17(11-9-16)23(38)34-24(31)35-32;1-2/h4-14H,15,32H2,1-3H3,(H3,31,34,35,38);1-2H3/b6-4-,12-5+,19-7+,33-25?;. The third kappa shape index (κ3) is 8.93. The highest BCUT2D eigenvalue weighted by Crippen LogP contribution is 2.29. The maximum Gasteiger partial charge on any atom is 0.573 e. The Kier molecular flexibility index (Phi) is 12.3. The van der Waals surface area contributed by atoms with Crippen LogP contribution < -0.4 is 27.2 Å². The van der Waals surface area contributed by atoms with E-state index < -0.39 is 18.0 Å². The highest BCUT2D eigenvalue weighted by Gasteiger charge is 2.31. The van der Waals surface area contributed by atoms with Gasteiger partial charge in [-0.05, 0) is 48.9 Å². The summed E-state index contributed by atoms with van der Waals surface area (Å²) in [7, 11) is 3.28. The molecular weight excluding hydrogens is 575 g/mol. The number of hydrogen-bond acceptors (Lipinski definition) is 6. The second-order valence-corrected chi connectivity index (χ2v) is 8.61. The number of carbonyl (C=O) groups excluding carboxylic acids is 1. The lowest BCUT2D eigenvalue weighted by Gasteiger charge is -2.08. The fraction of sp³-hybridized carbons (Fsp3) is 0.250. The van der Waals surface area contributed by atoms with Crippen molar-refractivity contribution in [1.29, 1.82) is 0 Å². The van der Waals surface area contributed by atoms with Crippen LogP contribution in [-0.2, 0) is 18.3 Å². The molecule has 3 aromatic rings. The number of benzene rings is 2. The molecule has 3 rings (SSSR count). The van der Waals surface area contributed by atoms with Crippen LogP contribution in [0.25, 0.3) is 11.0 Å². The van der Waals surface area contributed by atoms with E-state index in [1.54, 1.807) is 54.9 Å². The lowest BCUT2D eigenvalue weighted by atomic mass is 10.1. The van der Waals surface area contributed by atoms with Gasteiger partial charge in [0, 0.05) is 29.9 Å². The van der Waals surface area contributed by atoms with E-state index in [1.807, 2.05) is 18.4 Å². The molecule has 0 radical (unpaired) electrons. The highest BCUT2D eigenvalue weighted by molar-refractivity contribution is 6.31. The van der Waals surface area contributed by atoms with E-state index in [0.717, 1.165) is 11.6 Å². The van der Waals surface area contributed by atoms with Crippen molar-refractivity contribution in [2.75, 3.05) is 7.11 Å². The van der Waals surface area contributed by atoms with Gasteiger partial charge in [0.1, 0.15) is 17.0 Å². The molecule has 0 unspecified atom stereocenters. The van der Waals surface area contributed by atoms with Crippen molar-refractivity contribution in [3.05, 3.63) is 94.4 Å². The predicted octanol–water partition coefficient (Wildman–Crippen LogP) is 5.05. The number of carbonyl (C=O) groups is 1. The number of guanidine groups is 1. The number of alkyl halides is 3. The highest BCUT2D eigenvalue weighted by atomic mass is 35.5. The number of imidazole rings is 1. The Bertz CT molecular complexity index is 1570. The smallest absolute Gasteiger partial charge is 0.494 e. The molecule has 0 fully saturated rings. The van der Waals surface area contributed by atoms with Gasteiger partial charge < -0.3 is 30.2 Å². The minimum atomic E-state index is -4.83. The van der Waals surface area contributed by atoms with Gasteiger partial charge in [-0.25, -0.2) is 4.99 Å². The molecule has 0 atom stereocenters. The van der Waals surface area contributed by atoms with Gasteiger partial charge in [0.2, 0.25) is 11.6 Å². The number of hydrazone groups is 1. The topological polar surface area (TPSA) is 134 Å². The van der Waals surface area contributed by atoms with Gasteiger partial charge in [0.05, 0.1) is 19.2 Å². The Balaban J connectivity index is 0.00000301. The number of allylic oxidation sites excluding steroid dienone is 4. The molecule has 0 spiro atoms. The lowest BCUT2D eigenvalue weighted by molar-refractivity contribution is -0.303. The molecular formula is C28H33ClF3N7O3. The molecule has 0 bridgehead atoms. The zero-order valence-corrected chi connectivity index (χ0v) is 24.5. The Morgan fingerprint density at radius 1 is 1.19 bits per heavy atom. The van der Waals surface area contributed by atoms with Gasteiger partial charge in [0.25, 0.3) is 5.91 Å². The van der Waals surface area contributed by atoms with Crippen molar-refractivity contribution in [2.45, 2.75) is 33.7 Å². The molecule has 5 N–H and O–H groups in total. The van der Waals surface area contributed by atoms with E-state index in [1.165, 1.54) is 31.5 Å². The number of nitrogens with one attached hydrogen (secondary N) is 1. The number of ether oxygens (including phenoxy) is 2. The van der Waals surface area contributed by atoms with E-state index in [-0.39, 0.29) is 5.96 Å². The second-order valence-electron chi connectivity index (χ2n) is 8.17. The number of amides is 1. The molecule has 0 saturated heterocycles. The summed E-state index contributed by atoms with van der Waals surface area (Å²) >= 11 is 6.35. The van der Waals surface area contributed by atoms with Crippen LogP contribution in [-0.4, -0.2) is 34.5 Å². The Morgan fingerprint density at radius 3 is 2.43 bits per heavy atom. The van der Waals surface area contributed by atoms with Gasteiger partial charge in [-0.15, -0.1) is 18.3 Å². The van der Waals surface area contributed by atoms with E-state index in [2.05, 4.69) is 20.1 Å². The second kappa shape index (κ2) is 15.4. The molecule has 0 aliphatic rings. The molecule has 1 amide bonds. The third-order valence-electron chi connectivity index (χ3n) is 5.45. The first-order valence-corrected chi connectivity index (χ1v) is 13.0. The van der Waals surface area contributed by atoms with Crippen LogP contribution in [0.3, 0.4) is 0 Å². The van der Waals surface area contributed by atoms with Crippen LogP contribution in [0.15, 0.2) is 82.8 Å². The number of nitrogens with zero attached hydrogens (tertiary/aromatic N) is 4. The van der Waals surface area contributed by atoms with E-state index in [4.69, 9.17) is 27.9 Å². The molecule has 0 aliphatic heterocycles. The summed E-state index contributed by atoms with van der Waals surface area (Å²) in [4.78, 5) is 16.8. The fourth-order valence-electron chi connectivity index (χ4n) is 3.79. The summed E-state index contributed by atoms with van der Waals surface area (Å²) in [5.41, 5.74) is 8.42. The van der Waals surface area contributed by atoms with Crippen molar-refractivity contribution in [3.8, 4) is 5.75 Å². The summed E-state index contributed by atoms with van der Waals surface area (Å²) in [5, 5.41) is 5.99. The van der Waals surface area contributed by atoms with Gasteiger partial charge in [-0.3, -0.25) is 10.1 Å². The van der Waals surface area contributed by atoms with Crippen LogP contribution in [0.4, 0.5) is 13.2 Å². The molecule has 42 heavy (non-hydrogen) atoms. The molecule has 1 aromatic heterocycles. The van der Waals surface area contributed by atoms with Crippen molar-refractivity contribution in [2.24, 2.45) is 28.7 Å². The zero-order chi connectivity index (χ0) is 31.4. The van der Waals surface area contributed by atoms with E-state index in [0.29, 0.717) is 39.5 Å². The number of hydrogen-bond donors (Lipinski definition) is 3. The average Bonchev–Trinajstić information content (AvgIpc) is 3.21. The number of aryl methyl sites for hydroxylation is 1. The molecule has 1 heterocycles. The number of methoxy groups -OCH3 is 1. The minimum Gasteiger partial charge on any atom is -0.494 e. The zero-order valence-electron chi connectivity index (χ0n) is 23.7. The van der Waals surface area contributed by atoms with Gasteiger partial charge >= 0.3 is 6.36 Å². The number of nitrogens with two attached hydrogens (primary N) is 2. The first kappa shape index (κ1) is 33.6. The van der Waals surface area contributed by atoms with Gasteiger partial charge in [0.15, 0.2) is 0 Å². The number of rotatable bonds is 8. The summed E-state index contributed by atoms with van der Waals surface area (Å²) in [6.07, 6.45) is 1.60. The minimum absolute atomic E-state index is 0.219. The van der Waals surface area contributed by atoms with Crippen molar-refractivity contribution >= 4 is 34.5 Å². The Morgan fingerprint density at radius 2 is 1.86 bits per heavy atom. The first-order chi connectivity index (χ1) is 20.0. The number of halogens is 4. The Hall–Kier alpha value is -4.65. The molecule has 10 nitrogen and oxygen atoms in total. The fourth-order valence-corrected chi connectivity index (χ4v) is 4.00. The molecule has 2 aromatic carbocycles. The normalized spacial score (nSPS) is 13.0. The van der Waals surface area contributed by atoms with Crippen LogP contribution in [0.2, 0.25) is 5.02 Å². The van der Waals surface area contributed by atoms with E-state index in [9.17, 15) is 18.0 Å². The maximum atomic E-state index is 12.7. The van der Waals surface area contributed by atoms with Crippen molar-refractivity contribution < 1.29 is 27.4 Å². The monoisotopic (exact) mass is 607 g/mol. The van der Waals surface area contributed by atoms with Crippen LogP contribution in [0.1, 0.15) is 36.7 Å². The summed E-state index contributed by atoms with van der Waals surface area (Å²) in [6.45, 7) is 5.88. The predicted molar refractivity (Wildman–Crippen MR) is 157 cm³/mol. The third-order valence-corrected chi connectivity index (χ3v) is 5.66. The summed E-state index contributed by atoms with van der Waals surface area (Å²) < 4.78 is 51.2. The van der Waals surface area contributed by atoms with Crippen LogP contribution in [0, 0.1) is 0 Å². The summed E-state index contributed by atoms with van der Waals surface area (Å²) in [5.74, 6) is 4.46. The lowest BCUT2D eigenvalue weighted by Crippen LogP contribution is -2.37. The van der Waals surface area contributed by atoms with Crippen molar-refractivity contribution in [1.82, 2.24) is 14.5 Å².